The number of hydrogen-bond donors (Lipinski definition) is 0. The lowest BCUT2D eigenvalue weighted by Gasteiger charge is -2.36. The van der Waals surface area contributed by atoms with Crippen molar-refractivity contribution < 1.29 is 48.6 Å². The van der Waals surface area contributed by atoms with Gasteiger partial charge in [0.1, 0.15) is 0 Å². The van der Waals surface area contributed by atoms with Gasteiger partial charge in [0.15, 0.2) is 6.86 Å². The Labute approximate surface area is 81.0 Å². The minimum absolute atomic E-state index is 2.28. The van der Waals surface area contributed by atoms with Crippen molar-refractivity contribution in [3.63, 3.8) is 0 Å². The maximum Gasteiger partial charge on any atom is 0.435 e. The van der Waals surface area contributed by atoms with Gasteiger partial charge < -0.3 is 4.74 Å². The number of halogens is 10. The summed E-state index contributed by atoms with van der Waals surface area (Å²) in [7, 11) is 0. The predicted octanol–water partition coefficient (Wildman–Crippen LogP) is 3.36. The van der Waals surface area contributed by atoms with Crippen LogP contribution in [0.4, 0.5) is 43.9 Å². The van der Waals surface area contributed by atoms with Crippen LogP contribution in [0.5, 0.6) is 0 Å². The monoisotopic (exact) mass is 268 g/mol. The smallest absolute Gasteiger partial charge is 0.319 e. The van der Waals surface area contributed by atoms with E-state index in [0.29, 0.717) is 0 Å². The van der Waals surface area contributed by atoms with E-state index in [2.05, 4.69) is 4.74 Å². The van der Waals surface area contributed by atoms with Crippen LogP contribution in [0.2, 0.25) is 0 Å². The van der Waals surface area contributed by atoms with Gasteiger partial charge in [0, 0.05) is 0 Å². The normalized spacial score (nSPS) is 15.4. The molecule has 0 fully saturated rings. The van der Waals surface area contributed by atoms with Crippen LogP contribution in [0, 0.1) is 0 Å². The summed E-state index contributed by atoms with van der Waals surface area (Å²) >= 11 is 0. The molecule has 0 aromatic heterocycles. The number of ether oxygens (including phenoxy) is 1. The van der Waals surface area contributed by atoms with Crippen LogP contribution < -0.4 is 0 Å². The Balaban J connectivity index is 5.82. The van der Waals surface area contributed by atoms with Gasteiger partial charge in [-0.25, -0.2) is 4.39 Å². The fourth-order valence-corrected chi connectivity index (χ4v) is 0.809. The molecule has 0 saturated carbocycles. The van der Waals surface area contributed by atoms with E-state index in [1.807, 2.05) is 0 Å². The molecule has 1 nitrogen and oxygen atoms in total. The summed E-state index contributed by atoms with van der Waals surface area (Å²) in [5.74, 6) is 0. The van der Waals surface area contributed by atoms with E-state index in [1.54, 1.807) is 0 Å². The fourth-order valence-electron chi connectivity index (χ4n) is 0.809. The minimum Gasteiger partial charge on any atom is -0.319 e. The van der Waals surface area contributed by atoms with Gasteiger partial charge in [-0.05, 0) is 0 Å². The van der Waals surface area contributed by atoms with Gasteiger partial charge in [0.25, 0.3) is 0 Å². The van der Waals surface area contributed by atoms with Crippen molar-refractivity contribution in [3.05, 3.63) is 0 Å². The molecule has 0 aliphatic carbocycles. The topological polar surface area (TPSA) is 9.23 Å². The minimum atomic E-state index is -6.88. The predicted molar refractivity (Wildman–Crippen MR) is 28.0 cm³/mol. The van der Waals surface area contributed by atoms with E-state index in [4.69, 9.17) is 0 Å². The van der Waals surface area contributed by atoms with Gasteiger partial charge in [-0.3, -0.25) is 0 Å². The number of alkyl halides is 10. The number of rotatable bonds is 2. The SMILES string of the molecule is FCOC(C(F)(F)F)(C(F)(F)F)C(F)(F)F. The Morgan fingerprint density at radius 1 is 0.625 bits per heavy atom. The van der Waals surface area contributed by atoms with Crippen LogP contribution in [0.15, 0.2) is 0 Å². The summed E-state index contributed by atoms with van der Waals surface area (Å²) in [6, 6.07) is 0. The Bertz CT molecular complexity index is 197. The molecule has 0 unspecified atom stereocenters. The lowest BCUT2D eigenvalue weighted by Crippen LogP contribution is -2.67. The molecule has 0 radical (unpaired) electrons. The molecular weight excluding hydrogens is 266 g/mol. The van der Waals surface area contributed by atoms with Crippen molar-refractivity contribution in [3.8, 4) is 0 Å². The first-order valence-electron chi connectivity index (χ1n) is 3.21. The zero-order chi connectivity index (χ0) is 13.4. The lowest BCUT2D eigenvalue weighted by atomic mass is 10.0. The van der Waals surface area contributed by atoms with Gasteiger partial charge in [-0.2, -0.15) is 39.5 Å². The third-order valence-corrected chi connectivity index (χ3v) is 1.47. The van der Waals surface area contributed by atoms with E-state index in [0.717, 1.165) is 0 Å². The first kappa shape index (κ1) is 15.3. The van der Waals surface area contributed by atoms with Crippen LogP contribution in [0.3, 0.4) is 0 Å². The summed E-state index contributed by atoms with van der Waals surface area (Å²) in [6.45, 7) is -2.89. The molecule has 0 aliphatic heterocycles. The van der Waals surface area contributed by atoms with Crippen LogP contribution in [-0.4, -0.2) is 31.0 Å². The van der Waals surface area contributed by atoms with E-state index < -0.39 is 31.0 Å². The van der Waals surface area contributed by atoms with Crippen LogP contribution in [-0.2, 0) is 4.74 Å². The molecule has 98 valence electrons. The van der Waals surface area contributed by atoms with Gasteiger partial charge in [-0.1, -0.05) is 0 Å². The first-order valence-corrected chi connectivity index (χ1v) is 3.21. The Morgan fingerprint density at radius 2 is 0.875 bits per heavy atom. The highest BCUT2D eigenvalue weighted by atomic mass is 19.4. The second kappa shape index (κ2) is 3.93. The lowest BCUT2D eigenvalue weighted by molar-refractivity contribution is -0.461. The van der Waals surface area contributed by atoms with Crippen LogP contribution in [0.1, 0.15) is 0 Å². The molecular formula is C5H2F10O. The van der Waals surface area contributed by atoms with E-state index in [-0.39, 0.29) is 0 Å². The Kier molecular flexibility index (Phi) is 3.75. The van der Waals surface area contributed by atoms with E-state index >= 15 is 0 Å². The molecule has 11 heteroatoms. The Hall–Kier alpha value is -0.740. The second-order valence-corrected chi connectivity index (χ2v) is 2.43. The van der Waals surface area contributed by atoms with Crippen molar-refractivity contribution >= 4 is 0 Å². The maximum absolute atomic E-state index is 11.8. The van der Waals surface area contributed by atoms with E-state index in [1.165, 1.54) is 0 Å². The molecule has 16 heavy (non-hydrogen) atoms. The summed E-state index contributed by atoms with van der Waals surface area (Å²) in [6.07, 6.45) is -20.6. The molecule has 0 rings (SSSR count). The summed E-state index contributed by atoms with van der Waals surface area (Å²) in [5, 5.41) is 0. The van der Waals surface area contributed by atoms with Gasteiger partial charge in [-0.15, -0.1) is 0 Å². The molecule has 0 atom stereocenters. The van der Waals surface area contributed by atoms with Crippen molar-refractivity contribution in [1.82, 2.24) is 0 Å². The van der Waals surface area contributed by atoms with E-state index in [9.17, 15) is 43.9 Å². The molecule has 0 aromatic rings. The molecule has 0 aromatic carbocycles. The van der Waals surface area contributed by atoms with Crippen LogP contribution in [0.25, 0.3) is 0 Å². The van der Waals surface area contributed by atoms with Crippen molar-refractivity contribution in [2.45, 2.75) is 24.1 Å². The zero-order valence-corrected chi connectivity index (χ0v) is 6.89. The largest absolute Gasteiger partial charge is 0.435 e. The fraction of sp³-hybridized carbons (Fsp3) is 1.00. The highest BCUT2D eigenvalue weighted by Crippen LogP contribution is 2.54. The maximum atomic E-state index is 11.8. The van der Waals surface area contributed by atoms with Gasteiger partial charge in [0.05, 0.1) is 0 Å². The molecule has 0 heterocycles. The summed E-state index contributed by atoms with van der Waals surface area (Å²) < 4.78 is 120. The molecule has 0 N–H and O–H groups in total. The van der Waals surface area contributed by atoms with Crippen molar-refractivity contribution in [2.24, 2.45) is 0 Å². The molecule has 0 aliphatic rings. The zero-order valence-electron chi connectivity index (χ0n) is 6.89. The van der Waals surface area contributed by atoms with Crippen molar-refractivity contribution in [2.75, 3.05) is 6.86 Å². The first-order chi connectivity index (χ1) is 6.81. The average Bonchev–Trinajstić information content (AvgIpc) is 1.91. The third kappa shape index (κ3) is 2.18. The van der Waals surface area contributed by atoms with Gasteiger partial charge in [0.2, 0.25) is 0 Å². The second-order valence-electron chi connectivity index (χ2n) is 2.43. The Morgan fingerprint density at radius 3 is 0.938 bits per heavy atom. The summed E-state index contributed by atoms with van der Waals surface area (Å²) in [4.78, 5) is 0. The quantitative estimate of drug-likeness (QED) is 0.698. The number of hydrogen-bond acceptors (Lipinski definition) is 1. The molecule has 0 saturated heterocycles. The molecule has 0 spiro atoms. The standard InChI is InChI=1S/C5H2F10O/c6-1-16-2(3(7,8)9,4(10,11)12)5(13,14)15/h1H2. The summed E-state index contributed by atoms with van der Waals surface area (Å²) in [5.41, 5.74) is -6.51. The van der Waals surface area contributed by atoms with Crippen molar-refractivity contribution in [1.29, 1.82) is 0 Å². The van der Waals surface area contributed by atoms with Crippen LogP contribution >= 0.6 is 0 Å². The highest BCUT2D eigenvalue weighted by Gasteiger charge is 2.85. The van der Waals surface area contributed by atoms with Gasteiger partial charge >= 0.3 is 24.1 Å². The third-order valence-electron chi connectivity index (χ3n) is 1.47. The molecule has 0 amide bonds. The average molecular weight is 268 g/mol. The molecule has 0 bridgehead atoms. The highest BCUT2D eigenvalue weighted by molar-refractivity contribution is 5.02.